The Morgan fingerprint density at radius 2 is 2.06 bits per heavy atom. The second-order valence-electron chi connectivity index (χ2n) is 5.18. The molecule has 0 spiro atoms. The summed E-state index contributed by atoms with van der Waals surface area (Å²) in [6, 6.07) is 0. The first-order valence-electron chi connectivity index (χ1n) is 6.59. The van der Waals surface area contributed by atoms with Gasteiger partial charge in [0.05, 0.1) is 5.60 Å². The fourth-order valence-corrected chi connectivity index (χ4v) is 2.43. The molecule has 0 aliphatic heterocycles. The summed E-state index contributed by atoms with van der Waals surface area (Å²) in [6.45, 7) is 0.402. The predicted octanol–water partition coefficient (Wildman–Crippen LogP) is 1.28. The van der Waals surface area contributed by atoms with Crippen molar-refractivity contribution in [2.24, 2.45) is 7.05 Å². The molecule has 1 heterocycles. The molecule has 5 nitrogen and oxygen atoms in total. The minimum atomic E-state index is -0.695. The Bertz CT molecular complexity index is 448. The molecule has 1 saturated carbocycles. The fourth-order valence-electron chi connectivity index (χ4n) is 2.43. The largest absolute Gasteiger partial charge is 0.388 e. The second-order valence-corrected chi connectivity index (χ2v) is 5.18. The predicted molar refractivity (Wildman–Crippen MR) is 70.6 cm³/mol. The van der Waals surface area contributed by atoms with Gasteiger partial charge in [-0.25, -0.2) is 4.98 Å². The summed E-state index contributed by atoms with van der Waals surface area (Å²) in [4.78, 5) is 15.8. The Hall–Kier alpha value is -1.36. The number of aryl methyl sites for hydroxylation is 1. The van der Waals surface area contributed by atoms with Crippen molar-refractivity contribution < 1.29 is 5.11 Å². The second kappa shape index (κ2) is 5.52. The van der Waals surface area contributed by atoms with Gasteiger partial charge in [-0.3, -0.25) is 4.79 Å². The molecule has 0 amide bonds. The first kappa shape index (κ1) is 13.1. The van der Waals surface area contributed by atoms with Gasteiger partial charge in [-0.1, -0.05) is 25.7 Å². The molecule has 0 aromatic carbocycles. The van der Waals surface area contributed by atoms with E-state index in [2.05, 4.69) is 10.3 Å². The van der Waals surface area contributed by atoms with Crippen molar-refractivity contribution in [3.05, 3.63) is 22.7 Å². The molecule has 0 bridgehead atoms. The fraction of sp³-hybridized carbons (Fsp3) is 0.692. The maximum absolute atomic E-state index is 11.8. The Labute approximate surface area is 107 Å². The molecule has 0 radical (unpaired) electrons. The number of anilines is 1. The van der Waals surface area contributed by atoms with Crippen molar-refractivity contribution in [2.45, 2.75) is 44.1 Å². The number of aliphatic hydroxyl groups is 1. The quantitative estimate of drug-likeness (QED) is 0.794. The van der Waals surface area contributed by atoms with Crippen LogP contribution < -0.4 is 10.9 Å². The van der Waals surface area contributed by atoms with Gasteiger partial charge in [0.2, 0.25) is 0 Å². The molecule has 0 unspecified atom stereocenters. The van der Waals surface area contributed by atoms with Crippen molar-refractivity contribution in [2.75, 3.05) is 11.9 Å². The molecule has 1 aliphatic rings. The molecule has 5 heteroatoms. The van der Waals surface area contributed by atoms with E-state index in [1.807, 2.05) is 0 Å². The van der Waals surface area contributed by atoms with E-state index in [1.165, 1.54) is 17.4 Å². The number of nitrogens with zero attached hydrogens (tertiary/aromatic N) is 2. The molecule has 0 atom stereocenters. The lowest BCUT2D eigenvalue weighted by molar-refractivity contribution is 0.0380. The third-order valence-corrected chi connectivity index (χ3v) is 3.64. The summed E-state index contributed by atoms with van der Waals surface area (Å²) in [5, 5.41) is 13.5. The SMILES string of the molecule is Cn1ccnc(NCC2(O)CCCCCC2)c1=O. The number of hydrogen-bond acceptors (Lipinski definition) is 4. The molecule has 2 rings (SSSR count). The van der Waals surface area contributed by atoms with Crippen LogP contribution in [0.2, 0.25) is 0 Å². The molecule has 1 aromatic heterocycles. The highest BCUT2D eigenvalue weighted by molar-refractivity contribution is 5.31. The van der Waals surface area contributed by atoms with Crippen LogP contribution in [0.1, 0.15) is 38.5 Å². The van der Waals surface area contributed by atoms with Crippen LogP contribution in [0.25, 0.3) is 0 Å². The zero-order valence-electron chi connectivity index (χ0n) is 10.9. The Balaban J connectivity index is 2.02. The molecule has 0 saturated heterocycles. The summed E-state index contributed by atoms with van der Waals surface area (Å²) in [6.07, 6.45) is 9.28. The molecule has 1 aromatic rings. The normalized spacial score (nSPS) is 19.2. The summed E-state index contributed by atoms with van der Waals surface area (Å²) < 4.78 is 1.48. The van der Waals surface area contributed by atoms with E-state index in [0.717, 1.165) is 25.7 Å². The minimum Gasteiger partial charge on any atom is -0.388 e. The van der Waals surface area contributed by atoms with Gasteiger partial charge in [-0.05, 0) is 12.8 Å². The van der Waals surface area contributed by atoms with Crippen molar-refractivity contribution in [1.29, 1.82) is 0 Å². The minimum absolute atomic E-state index is 0.158. The van der Waals surface area contributed by atoms with Gasteiger partial charge in [0.25, 0.3) is 5.56 Å². The summed E-state index contributed by atoms with van der Waals surface area (Å²) in [5.41, 5.74) is -0.853. The van der Waals surface area contributed by atoms with Crippen LogP contribution in [0.3, 0.4) is 0 Å². The summed E-state index contributed by atoms with van der Waals surface area (Å²) in [7, 11) is 1.69. The number of hydrogen-bond donors (Lipinski definition) is 2. The highest BCUT2D eigenvalue weighted by atomic mass is 16.3. The van der Waals surface area contributed by atoms with Gasteiger partial charge < -0.3 is 15.0 Å². The maximum atomic E-state index is 11.8. The van der Waals surface area contributed by atoms with Crippen molar-refractivity contribution >= 4 is 5.82 Å². The summed E-state index contributed by atoms with van der Waals surface area (Å²) >= 11 is 0. The molecule has 1 fully saturated rings. The molecule has 2 N–H and O–H groups in total. The summed E-state index contributed by atoms with van der Waals surface area (Å²) in [5.74, 6) is 0.317. The highest BCUT2D eigenvalue weighted by Gasteiger charge is 2.28. The van der Waals surface area contributed by atoms with Crippen molar-refractivity contribution in [3.8, 4) is 0 Å². The average Bonchev–Trinajstić information content (AvgIpc) is 2.57. The molecule has 100 valence electrons. The van der Waals surface area contributed by atoms with Crippen LogP contribution in [0, 0.1) is 0 Å². The lowest BCUT2D eigenvalue weighted by Crippen LogP contribution is -2.38. The van der Waals surface area contributed by atoms with Gasteiger partial charge in [-0.2, -0.15) is 0 Å². The average molecular weight is 251 g/mol. The molecule has 18 heavy (non-hydrogen) atoms. The monoisotopic (exact) mass is 251 g/mol. The van der Waals surface area contributed by atoms with Gasteiger partial charge in [0, 0.05) is 26.0 Å². The van der Waals surface area contributed by atoms with Gasteiger partial charge in [0.15, 0.2) is 5.82 Å². The Morgan fingerprint density at radius 3 is 2.72 bits per heavy atom. The Morgan fingerprint density at radius 1 is 1.39 bits per heavy atom. The highest BCUT2D eigenvalue weighted by Crippen LogP contribution is 2.26. The van der Waals surface area contributed by atoms with E-state index in [9.17, 15) is 9.90 Å². The number of rotatable bonds is 3. The van der Waals surface area contributed by atoms with Gasteiger partial charge in [0.1, 0.15) is 0 Å². The first-order valence-corrected chi connectivity index (χ1v) is 6.59. The van der Waals surface area contributed by atoms with Gasteiger partial charge >= 0.3 is 0 Å². The van der Waals surface area contributed by atoms with Gasteiger partial charge in [-0.15, -0.1) is 0 Å². The van der Waals surface area contributed by atoms with E-state index in [-0.39, 0.29) is 5.56 Å². The third-order valence-electron chi connectivity index (χ3n) is 3.64. The first-order chi connectivity index (χ1) is 8.61. The smallest absolute Gasteiger partial charge is 0.293 e. The lowest BCUT2D eigenvalue weighted by atomic mass is 9.94. The molecule has 1 aliphatic carbocycles. The number of aromatic nitrogens is 2. The standard InChI is InChI=1S/C13H21N3O2/c1-16-9-8-14-11(12(16)17)15-10-13(18)6-4-2-3-5-7-13/h8-9,18H,2-7,10H2,1H3,(H,14,15). The topological polar surface area (TPSA) is 67.2 Å². The maximum Gasteiger partial charge on any atom is 0.293 e. The van der Waals surface area contributed by atoms with E-state index >= 15 is 0 Å². The van der Waals surface area contributed by atoms with E-state index in [1.54, 1.807) is 19.4 Å². The van der Waals surface area contributed by atoms with E-state index in [4.69, 9.17) is 0 Å². The van der Waals surface area contributed by atoms with Crippen LogP contribution in [0.15, 0.2) is 17.2 Å². The van der Waals surface area contributed by atoms with Crippen LogP contribution in [-0.2, 0) is 7.05 Å². The Kier molecular flexibility index (Phi) is 4.01. The number of nitrogens with one attached hydrogen (secondary N) is 1. The van der Waals surface area contributed by atoms with E-state index < -0.39 is 5.60 Å². The molecular formula is C13H21N3O2. The van der Waals surface area contributed by atoms with Crippen molar-refractivity contribution in [1.82, 2.24) is 9.55 Å². The zero-order valence-corrected chi connectivity index (χ0v) is 10.9. The third kappa shape index (κ3) is 3.10. The van der Waals surface area contributed by atoms with Crippen LogP contribution >= 0.6 is 0 Å². The van der Waals surface area contributed by atoms with Crippen LogP contribution in [-0.4, -0.2) is 26.8 Å². The lowest BCUT2D eigenvalue weighted by Gasteiger charge is -2.26. The zero-order chi connectivity index (χ0) is 13.0. The van der Waals surface area contributed by atoms with E-state index in [0.29, 0.717) is 12.4 Å². The molecular weight excluding hydrogens is 230 g/mol. The van der Waals surface area contributed by atoms with Crippen LogP contribution in [0.5, 0.6) is 0 Å². The van der Waals surface area contributed by atoms with Crippen molar-refractivity contribution in [3.63, 3.8) is 0 Å². The van der Waals surface area contributed by atoms with Crippen LogP contribution in [0.4, 0.5) is 5.82 Å².